The molecule has 11 nitrogen and oxygen atoms in total. The van der Waals surface area contributed by atoms with Crippen LogP contribution in [0.2, 0.25) is 0 Å². The van der Waals surface area contributed by atoms with E-state index >= 15 is 0 Å². The molecular formula is C20H30N10O. The molecule has 7 N–H and O–H groups in total. The van der Waals surface area contributed by atoms with Crippen molar-refractivity contribution in [2.24, 2.45) is 5.73 Å². The van der Waals surface area contributed by atoms with E-state index in [1.54, 1.807) is 12.3 Å². The van der Waals surface area contributed by atoms with E-state index in [0.29, 0.717) is 36.7 Å². The fourth-order valence-corrected chi connectivity index (χ4v) is 3.08. The number of pyridine rings is 1. The highest BCUT2D eigenvalue weighted by Gasteiger charge is 2.14. The van der Waals surface area contributed by atoms with Gasteiger partial charge in [0, 0.05) is 38.9 Å². The quantitative estimate of drug-likeness (QED) is 0.205. The van der Waals surface area contributed by atoms with Gasteiger partial charge in [-0.1, -0.05) is 12.1 Å². The van der Waals surface area contributed by atoms with Gasteiger partial charge in [-0.25, -0.2) is 9.78 Å². The van der Waals surface area contributed by atoms with Gasteiger partial charge in [-0.05, 0) is 25.1 Å². The third-order valence-corrected chi connectivity index (χ3v) is 4.76. The van der Waals surface area contributed by atoms with Gasteiger partial charge in [0.15, 0.2) is 11.5 Å². The average Bonchev–Trinajstić information content (AvgIpc) is 3.06. The molecule has 31 heavy (non-hydrogen) atoms. The predicted octanol–water partition coefficient (Wildman–Crippen LogP) is 0.436. The summed E-state index contributed by atoms with van der Waals surface area (Å²) >= 11 is 0. The number of hydrogen-bond acceptors (Lipinski definition) is 9. The second-order valence-electron chi connectivity index (χ2n) is 7.22. The van der Waals surface area contributed by atoms with Crippen molar-refractivity contribution >= 4 is 28.7 Å². The Kier molecular flexibility index (Phi) is 7.57. The van der Waals surface area contributed by atoms with Crippen molar-refractivity contribution in [1.29, 1.82) is 0 Å². The number of imidazole rings is 1. The topological polar surface area (TPSA) is 156 Å². The summed E-state index contributed by atoms with van der Waals surface area (Å²) in [5, 5.41) is 6.37. The standard InChI is InChI=1S/C20H30N10O/c1-3-4-8-24-19-27-17(22)16-18(28-19)30(20(31)26-16)13-14-5-6-15(25-12-14)23-9-11-29(2)10-7-21/h3,5-6,12H,1,4,7-11,13,21H2,2H3,(H,23,25)(H,26,31)(H3,22,24,27,28). The molecule has 0 radical (unpaired) electrons. The van der Waals surface area contributed by atoms with Crippen LogP contribution in [-0.4, -0.2) is 69.2 Å². The van der Waals surface area contributed by atoms with Gasteiger partial charge in [-0.15, -0.1) is 6.58 Å². The first-order valence-electron chi connectivity index (χ1n) is 10.2. The van der Waals surface area contributed by atoms with Crippen LogP contribution in [-0.2, 0) is 6.54 Å². The maximum absolute atomic E-state index is 12.5. The zero-order valence-electron chi connectivity index (χ0n) is 17.8. The number of aromatic amines is 1. The largest absolute Gasteiger partial charge is 0.382 e. The second-order valence-corrected chi connectivity index (χ2v) is 7.22. The molecule has 11 heteroatoms. The number of hydrogen-bond donors (Lipinski definition) is 5. The predicted molar refractivity (Wildman–Crippen MR) is 124 cm³/mol. The third-order valence-electron chi connectivity index (χ3n) is 4.76. The number of likely N-dealkylation sites (N-methyl/N-ethyl adjacent to an activating group) is 1. The van der Waals surface area contributed by atoms with Crippen molar-refractivity contribution < 1.29 is 0 Å². The highest BCUT2D eigenvalue weighted by molar-refractivity contribution is 5.82. The minimum atomic E-state index is -0.301. The van der Waals surface area contributed by atoms with Crippen LogP contribution in [0.15, 0.2) is 35.8 Å². The maximum Gasteiger partial charge on any atom is 0.328 e. The summed E-state index contributed by atoms with van der Waals surface area (Å²) in [6.07, 6.45) is 4.30. The van der Waals surface area contributed by atoms with E-state index in [-0.39, 0.29) is 11.5 Å². The van der Waals surface area contributed by atoms with E-state index in [9.17, 15) is 4.79 Å². The molecular weight excluding hydrogens is 396 g/mol. The van der Waals surface area contributed by atoms with Gasteiger partial charge in [0.25, 0.3) is 0 Å². The molecule has 3 aromatic rings. The maximum atomic E-state index is 12.5. The number of rotatable bonds is 12. The first-order valence-corrected chi connectivity index (χ1v) is 10.2. The number of H-pyrrole nitrogens is 1. The van der Waals surface area contributed by atoms with Crippen molar-refractivity contribution in [1.82, 2.24) is 29.4 Å². The van der Waals surface area contributed by atoms with E-state index in [0.717, 1.165) is 37.4 Å². The molecule has 3 rings (SSSR count). The van der Waals surface area contributed by atoms with E-state index < -0.39 is 0 Å². The monoisotopic (exact) mass is 426 g/mol. The molecule has 0 bridgehead atoms. The van der Waals surface area contributed by atoms with Crippen molar-refractivity contribution in [2.45, 2.75) is 13.0 Å². The van der Waals surface area contributed by atoms with Crippen LogP contribution in [0.3, 0.4) is 0 Å². The van der Waals surface area contributed by atoms with Gasteiger partial charge in [-0.2, -0.15) is 9.97 Å². The molecule has 0 aliphatic rings. The van der Waals surface area contributed by atoms with Crippen LogP contribution < -0.4 is 27.8 Å². The van der Waals surface area contributed by atoms with Crippen molar-refractivity contribution in [3.63, 3.8) is 0 Å². The molecule has 0 aliphatic carbocycles. The summed E-state index contributed by atoms with van der Waals surface area (Å²) in [6.45, 7) is 7.76. The first-order chi connectivity index (χ1) is 15.0. The number of nitrogens with one attached hydrogen (secondary N) is 3. The fraction of sp³-hybridized carbons (Fsp3) is 0.400. The Balaban J connectivity index is 1.71. The summed E-state index contributed by atoms with van der Waals surface area (Å²) in [6, 6.07) is 3.82. The Morgan fingerprint density at radius 3 is 2.81 bits per heavy atom. The van der Waals surface area contributed by atoms with Gasteiger partial charge < -0.3 is 32.0 Å². The molecule has 0 amide bonds. The van der Waals surface area contributed by atoms with Crippen LogP contribution in [0, 0.1) is 0 Å². The molecule has 0 unspecified atom stereocenters. The number of fused-ring (bicyclic) bond motifs is 1. The molecule has 3 heterocycles. The minimum Gasteiger partial charge on any atom is -0.382 e. The summed E-state index contributed by atoms with van der Waals surface area (Å²) in [5.74, 6) is 1.37. The zero-order valence-corrected chi connectivity index (χ0v) is 17.8. The van der Waals surface area contributed by atoms with Gasteiger partial charge in [0.2, 0.25) is 5.95 Å². The molecule has 0 saturated carbocycles. The fourth-order valence-electron chi connectivity index (χ4n) is 3.08. The lowest BCUT2D eigenvalue weighted by Gasteiger charge is -2.15. The highest BCUT2D eigenvalue weighted by Crippen LogP contribution is 2.17. The van der Waals surface area contributed by atoms with Crippen molar-refractivity contribution in [2.75, 3.05) is 56.1 Å². The number of aromatic nitrogens is 5. The average molecular weight is 427 g/mol. The Labute approximate surface area is 180 Å². The van der Waals surface area contributed by atoms with Crippen LogP contribution >= 0.6 is 0 Å². The normalized spacial score (nSPS) is 11.2. The summed E-state index contributed by atoms with van der Waals surface area (Å²) in [4.78, 5) is 30.5. The van der Waals surface area contributed by atoms with E-state index in [1.807, 2.05) is 19.2 Å². The Bertz CT molecular complexity index is 1060. The van der Waals surface area contributed by atoms with Gasteiger partial charge in [-0.3, -0.25) is 4.57 Å². The lowest BCUT2D eigenvalue weighted by Crippen LogP contribution is -2.30. The first kappa shape index (κ1) is 22.2. The molecule has 166 valence electrons. The molecule has 0 atom stereocenters. The number of nitrogens with two attached hydrogens (primary N) is 2. The Hall–Kier alpha value is -3.44. The third kappa shape index (κ3) is 5.80. The number of nitrogen functional groups attached to an aromatic ring is 1. The summed E-state index contributed by atoms with van der Waals surface area (Å²) in [7, 11) is 2.03. The highest BCUT2D eigenvalue weighted by atomic mass is 16.1. The van der Waals surface area contributed by atoms with Crippen LogP contribution in [0.5, 0.6) is 0 Å². The van der Waals surface area contributed by atoms with Crippen LogP contribution in [0.4, 0.5) is 17.6 Å². The molecule has 0 fully saturated rings. The van der Waals surface area contributed by atoms with E-state index in [2.05, 4.69) is 42.0 Å². The molecule has 0 aromatic carbocycles. The minimum absolute atomic E-state index is 0.222. The Morgan fingerprint density at radius 1 is 1.26 bits per heavy atom. The van der Waals surface area contributed by atoms with Gasteiger partial charge in [0.1, 0.15) is 11.3 Å². The molecule has 0 saturated heterocycles. The van der Waals surface area contributed by atoms with Crippen molar-refractivity contribution in [3.05, 3.63) is 47.0 Å². The molecule has 0 spiro atoms. The lowest BCUT2D eigenvalue weighted by molar-refractivity contribution is 0.357. The number of anilines is 3. The van der Waals surface area contributed by atoms with Crippen LogP contribution in [0.25, 0.3) is 11.2 Å². The summed E-state index contributed by atoms with van der Waals surface area (Å²) < 4.78 is 1.53. The van der Waals surface area contributed by atoms with E-state index in [1.165, 1.54) is 4.57 Å². The molecule has 3 aromatic heterocycles. The van der Waals surface area contributed by atoms with Gasteiger partial charge in [0.05, 0.1) is 6.54 Å². The number of nitrogens with zero attached hydrogens (tertiary/aromatic N) is 5. The lowest BCUT2D eigenvalue weighted by atomic mass is 10.3. The van der Waals surface area contributed by atoms with Crippen LogP contribution in [0.1, 0.15) is 12.0 Å². The van der Waals surface area contributed by atoms with Crippen molar-refractivity contribution in [3.8, 4) is 0 Å². The molecule has 0 aliphatic heterocycles. The Morgan fingerprint density at radius 2 is 2.10 bits per heavy atom. The smallest absolute Gasteiger partial charge is 0.328 e. The SMILES string of the molecule is C=CCCNc1nc(N)c2[nH]c(=O)n(Cc3ccc(NCCN(C)CCN)nc3)c2n1. The van der Waals surface area contributed by atoms with E-state index in [4.69, 9.17) is 11.5 Å². The zero-order chi connectivity index (χ0) is 22.2. The van der Waals surface area contributed by atoms with Gasteiger partial charge >= 0.3 is 5.69 Å². The second kappa shape index (κ2) is 10.5. The summed E-state index contributed by atoms with van der Waals surface area (Å²) in [5.41, 5.74) is 13.0.